The van der Waals surface area contributed by atoms with Gasteiger partial charge >= 0.3 is 0 Å². The molecular formula is C76H132N2Pd. The number of rotatable bonds is 59. The van der Waals surface area contributed by atoms with Gasteiger partial charge in [0.1, 0.15) is 0 Å². The number of nitrogens with zero attached hydrogens (tertiary/aromatic N) is 2. The molecule has 2 rings (SSSR count). The van der Waals surface area contributed by atoms with Crippen LogP contribution in [0.5, 0.6) is 0 Å². The molecule has 2 nitrogen and oxygen atoms in total. The molecule has 0 aromatic heterocycles. The zero-order valence-corrected chi connectivity index (χ0v) is 54.9. The van der Waals surface area contributed by atoms with Gasteiger partial charge in [-0.05, 0) is 100 Å². The summed E-state index contributed by atoms with van der Waals surface area (Å²) in [5.74, 6) is 0. The van der Waals surface area contributed by atoms with Crippen molar-refractivity contribution in [1.82, 2.24) is 0 Å². The number of allylic oxidation sites excluding steroid dienone is 4. The van der Waals surface area contributed by atoms with E-state index in [-0.39, 0.29) is 20.4 Å². The SMILES string of the molecule is CCCCCCCCCCCCCCCCCCCCCCCC=CCCc1ccccc1N=C(CCCC)C(CCCC)=Nc1ccccc1CCC=CCCCCCCCCCCCCCCCCCCCCCCC.[Pd]. The van der Waals surface area contributed by atoms with Gasteiger partial charge < -0.3 is 0 Å². The number of aryl methyl sites for hydroxylation is 2. The van der Waals surface area contributed by atoms with Gasteiger partial charge in [0.25, 0.3) is 0 Å². The largest absolute Gasteiger partial charge is 0.251 e. The van der Waals surface area contributed by atoms with Gasteiger partial charge in [0.15, 0.2) is 0 Å². The van der Waals surface area contributed by atoms with Crippen molar-refractivity contribution >= 4 is 22.8 Å². The predicted molar refractivity (Wildman–Crippen MR) is 356 cm³/mol. The molecule has 456 valence electrons. The summed E-state index contributed by atoms with van der Waals surface area (Å²) >= 11 is 0. The Morgan fingerprint density at radius 2 is 0.481 bits per heavy atom. The van der Waals surface area contributed by atoms with Gasteiger partial charge in [-0.15, -0.1) is 0 Å². The van der Waals surface area contributed by atoms with Gasteiger partial charge in [-0.1, -0.05) is 358 Å². The van der Waals surface area contributed by atoms with E-state index < -0.39 is 0 Å². The quantitative estimate of drug-likeness (QED) is 0.0273. The molecule has 0 aliphatic rings. The monoisotopic (exact) mass is 1180 g/mol. The number of hydrogen-bond donors (Lipinski definition) is 0. The molecule has 0 radical (unpaired) electrons. The minimum atomic E-state index is 0. The van der Waals surface area contributed by atoms with Crippen molar-refractivity contribution in [3.8, 4) is 0 Å². The average Bonchev–Trinajstić information content (AvgIpc) is 3.46. The van der Waals surface area contributed by atoms with E-state index in [0.717, 1.165) is 75.6 Å². The Kier molecular flexibility index (Phi) is 57.4. The van der Waals surface area contributed by atoms with Crippen molar-refractivity contribution in [1.29, 1.82) is 0 Å². The topological polar surface area (TPSA) is 24.7 Å². The Bertz CT molecular complexity index is 1560. The Morgan fingerprint density at radius 3 is 0.734 bits per heavy atom. The minimum Gasteiger partial charge on any atom is -0.251 e. The number of hydrogen-bond acceptors (Lipinski definition) is 2. The van der Waals surface area contributed by atoms with Crippen LogP contribution in [0.15, 0.2) is 82.8 Å². The third kappa shape index (κ3) is 47.0. The van der Waals surface area contributed by atoms with Crippen molar-refractivity contribution in [2.24, 2.45) is 9.98 Å². The zero-order valence-electron chi connectivity index (χ0n) is 53.3. The fourth-order valence-electron chi connectivity index (χ4n) is 11.5. The second-order valence-corrected chi connectivity index (χ2v) is 24.3. The van der Waals surface area contributed by atoms with Crippen LogP contribution in [0.25, 0.3) is 0 Å². The summed E-state index contributed by atoms with van der Waals surface area (Å²) in [5, 5.41) is 0. The van der Waals surface area contributed by atoms with Crippen LogP contribution in [-0.4, -0.2) is 11.4 Å². The maximum atomic E-state index is 5.50. The molecule has 79 heavy (non-hydrogen) atoms. The first kappa shape index (κ1) is 74.9. The van der Waals surface area contributed by atoms with Crippen molar-refractivity contribution in [2.45, 2.75) is 374 Å². The van der Waals surface area contributed by atoms with E-state index in [1.807, 2.05) is 0 Å². The number of unbranched alkanes of at least 4 members (excludes halogenated alkanes) is 44. The molecular weight excluding hydrogens is 1050 g/mol. The second kappa shape index (κ2) is 60.5. The molecule has 0 fully saturated rings. The Hall–Kier alpha value is -2.08. The molecule has 0 spiro atoms. The van der Waals surface area contributed by atoms with Gasteiger partial charge in [-0.2, -0.15) is 0 Å². The number of aliphatic imine (C=N–C) groups is 2. The molecule has 2 aromatic carbocycles. The van der Waals surface area contributed by atoms with E-state index in [2.05, 4.69) is 101 Å². The molecule has 3 heteroatoms. The first-order chi connectivity index (χ1) is 38.7. The summed E-state index contributed by atoms with van der Waals surface area (Å²) in [7, 11) is 0. The average molecular weight is 1180 g/mol. The van der Waals surface area contributed by atoms with E-state index in [9.17, 15) is 0 Å². The van der Waals surface area contributed by atoms with E-state index >= 15 is 0 Å². The van der Waals surface area contributed by atoms with Crippen molar-refractivity contribution in [2.75, 3.05) is 0 Å². The van der Waals surface area contributed by atoms with Gasteiger partial charge in [-0.3, -0.25) is 9.98 Å². The van der Waals surface area contributed by atoms with Crippen LogP contribution in [-0.2, 0) is 33.3 Å². The molecule has 0 saturated heterocycles. The third-order valence-corrected chi connectivity index (χ3v) is 16.8. The number of para-hydroxylation sites is 2. The molecule has 0 bridgehead atoms. The summed E-state index contributed by atoms with van der Waals surface area (Å²) in [6.07, 6.45) is 83.6. The molecule has 0 amide bonds. The van der Waals surface area contributed by atoms with Crippen molar-refractivity contribution < 1.29 is 20.4 Å². The van der Waals surface area contributed by atoms with Crippen molar-refractivity contribution in [3.63, 3.8) is 0 Å². The van der Waals surface area contributed by atoms with Gasteiger partial charge in [0.05, 0.1) is 22.8 Å². The van der Waals surface area contributed by atoms with Gasteiger partial charge in [0.2, 0.25) is 0 Å². The van der Waals surface area contributed by atoms with Crippen molar-refractivity contribution in [3.05, 3.63) is 84.0 Å². The molecule has 0 heterocycles. The maximum Gasteiger partial charge on any atom is 0.0665 e. The van der Waals surface area contributed by atoms with Crippen LogP contribution < -0.4 is 0 Å². The van der Waals surface area contributed by atoms with E-state index in [1.165, 1.54) is 305 Å². The van der Waals surface area contributed by atoms with Crippen LogP contribution >= 0.6 is 0 Å². The van der Waals surface area contributed by atoms with Gasteiger partial charge in [-0.25, -0.2) is 0 Å². The van der Waals surface area contributed by atoms with E-state index in [0.29, 0.717) is 0 Å². The molecule has 0 atom stereocenters. The van der Waals surface area contributed by atoms with Crippen LogP contribution in [0.2, 0.25) is 0 Å². The van der Waals surface area contributed by atoms with Crippen LogP contribution in [0.4, 0.5) is 11.4 Å². The second-order valence-electron chi connectivity index (χ2n) is 24.3. The molecule has 2 aromatic rings. The summed E-state index contributed by atoms with van der Waals surface area (Å²) in [6.45, 7) is 9.22. The maximum absolute atomic E-state index is 5.50. The fourth-order valence-corrected chi connectivity index (χ4v) is 11.5. The summed E-state index contributed by atoms with van der Waals surface area (Å²) < 4.78 is 0. The molecule has 0 N–H and O–H groups in total. The van der Waals surface area contributed by atoms with Crippen LogP contribution in [0.1, 0.15) is 373 Å². The smallest absolute Gasteiger partial charge is 0.0665 e. The first-order valence-electron chi connectivity index (χ1n) is 35.3. The van der Waals surface area contributed by atoms with Gasteiger partial charge in [0, 0.05) is 20.4 Å². The summed E-state index contributed by atoms with van der Waals surface area (Å²) in [5.41, 5.74) is 7.39. The van der Waals surface area contributed by atoms with E-state index in [4.69, 9.17) is 9.98 Å². The normalized spacial score (nSPS) is 12.2. The molecule has 0 aliphatic heterocycles. The molecule has 0 aliphatic carbocycles. The Balaban J connectivity index is 0.0000312. The number of benzene rings is 2. The van der Waals surface area contributed by atoms with E-state index in [1.54, 1.807) is 0 Å². The predicted octanol–water partition coefficient (Wildman–Crippen LogP) is 27.1. The first-order valence-corrected chi connectivity index (χ1v) is 35.3. The van der Waals surface area contributed by atoms with Crippen LogP contribution in [0.3, 0.4) is 0 Å². The Labute approximate surface area is 508 Å². The summed E-state index contributed by atoms with van der Waals surface area (Å²) in [4.78, 5) is 11.0. The standard InChI is InChI=1S/C76H132N2.Pd/c1-5-9-13-15-17-19-21-23-25-27-29-31-33-35-37-39-41-43-45-47-49-51-53-55-57-63-71-65-59-61-69-73(71)77-75(67-11-7-3)76(68-12-8-4)78-74-70-62-60-66-72(74)64-58-56-54-52-50-48-46-44-42-40-38-36-34-32-30-28-26-24-22-20-18-16-14-10-6-2;/h53-56,59-62,65-66,69-70H,5-52,57-58,63-64,67-68H2,1-4H3;. The molecule has 0 unspecified atom stereocenters. The fraction of sp³-hybridized carbons (Fsp3) is 0.763. The molecule has 0 saturated carbocycles. The minimum absolute atomic E-state index is 0. The third-order valence-electron chi connectivity index (χ3n) is 16.8. The Morgan fingerprint density at radius 1 is 0.266 bits per heavy atom. The summed E-state index contributed by atoms with van der Waals surface area (Å²) in [6, 6.07) is 17.8. The zero-order chi connectivity index (χ0) is 55.5. The van der Waals surface area contributed by atoms with Crippen LogP contribution in [0, 0.1) is 0 Å².